The minimum atomic E-state index is -0.171. The molecule has 2 aromatic rings. The number of carbonyl (C=O) groups excluding carboxylic acids is 3. The Kier molecular flexibility index (Phi) is 6.25. The van der Waals surface area contributed by atoms with Gasteiger partial charge in [-0.1, -0.05) is 6.07 Å². The van der Waals surface area contributed by atoms with Crippen molar-refractivity contribution in [2.45, 2.75) is 44.7 Å². The quantitative estimate of drug-likeness (QED) is 0.708. The predicted octanol–water partition coefficient (Wildman–Crippen LogP) is 1.82. The van der Waals surface area contributed by atoms with Gasteiger partial charge >= 0.3 is 0 Å². The van der Waals surface area contributed by atoms with Crippen LogP contribution in [0.5, 0.6) is 0 Å². The third-order valence-electron chi connectivity index (χ3n) is 7.34. The molecule has 2 aliphatic heterocycles. The topological polar surface area (TPSA) is 90.8 Å². The lowest BCUT2D eigenvalue weighted by molar-refractivity contribution is -0.126. The summed E-state index contributed by atoms with van der Waals surface area (Å²) in [5.41, 5.74) is 3.84. The van der Waals surface area contributed by atoms with Gasteiger partial charge in [0.2, 0.25) is 5.91 Å². The van der Waals surface area contributed by atoms with E-state index in [-0.39, 0.29) is 23.6 Å². The largest absolute Gasteiger partial charge is 0.378 e. The van der Waals surface area contributed by atoms with E-state index in [0.29, 0.717) is 49.9 Å². The van der Waals surface area contributed by atoms with Gasteiger partial charge in [0.05, 0.1) is 12.5 Å². The van der Waals surface area contributed by atoms with Crippen molar-refractivity contribution in [1.82, 2.24) is 24.9 Å². The van der Waals surface area contributed by atoms with E-state index in [0.717, 1.165) is 42.6 Å². The average molecular weight is 479 g/mol. The number of likely N-dealkylation sites (tertiary alicyclic amines) is 1. The van der Waals surface area contributed by atoms with Crippen LogP contribution >= 0.6 is 0 Å². The molecular formula is C26H34N6O3. The Balaban J connectivity index is 1.33. The molecule has 1 saturated carbocycles. The minimum Gasteiger partial charge on any atom is -0.378 e. The number of fused-ring (bicyclic) bond motifs is 1. The summed E-state index contributed by atoms with van der Waals surface area (Å²) in [5, 5.41) is 7.66. The summed E-state index contributed by atoms with van der Waals surface area (Å²) >= 11 is 0. The van der Waals surface area contributed by atoms with Crippen LogP contribution < -0.4 is 10.2 Å². The molecule has 1 aliphatic carbocycles. The summed E-state index contributed by atoms with van der Waals surface area (Å²) in [6.45, 7) is 1.98. The molecule has 1 atom stereocenters. The number of nitrogens with one attached hydrogen (secondary N) is 1. The molecule has 2 fully saturated rings. The monoisotopic (exact) mass is 478 g/mol. The Morgan fingerprint density at radius 1 is 1.06 bits per heavy atom. The summed E-state index contributed by atoms with van der Waals surface area (Å²) in [5.74, 6) is -0.300. The smallest absolute Gasteiger partial charge is 0.274 e. The Morgan fingerprint density at radius 2 is 1.86 bits per heavy atom. The van der Waals surface area contributed by atoms with Crippen molar-refractivity contribution in [1.29, 1.82) is 0 Å². The second-order valence-corrected chi connectivity index (χ2v) is 10.2. The van der Waals surface area contributed by atoms with Crippen LogP contribution in [0.4, 0.5) is 5.69 Å². The number of hydrogen-bond acceptors (Lipinski definition) is 5. The zero-order chi connectivity index (χ0) is 24.7. The van der Waals surface area contributed by atoms with Crippen LogP contribution in [0.3, 0.4) is 0 Å². The number of nitrogens with zero attached hydrogens (tertiary/aromatic N) is 5. The van der Waals surface area contributed by atoms with Crippen molar-refractivity contribution in [3.05, 3.63) is 46.8 Å². The molecule has 3 amide bonds. The highest BCUT2D eigenvalue weighted by Gasteiger charge is 2.35. The van der Waals surface area contributed by atoms with Crippen molar-refractivity contribution in [3.63, 3.8) is 0 Å². The Labute approximate surface area is 206 Å². The first-order valence-corrected chi connectivity index (χ1v) is 12.5. The SMILES string of the molecule is CN(C)c1cccc(C(=O)N2CCc3c(c(C(=O)N4CCC[C@H](C(=O)NC5CC5)C4)nn3C)C2)c1. The summed E-state index contributed by atoms with van der Waals surface area (Å²) < 4.78 is 1.78. The number of rotatable bonds is 5. The molecule has 1 N–H and O–H groups in total. The molecule has 9 heteroatoms. The minimum absolute atomic E-state index is 0.0450. The fourth-order valence-electron chi connectivity index (χ4n) is 5.11. The first-order chi connectivity index (χ1) is 16.8. The van der Waals surface area contributed by atoms with Crippen LogP contribution in [-0.4, -0.2) is 77.1 Å². The third-order valence-corrected chi connectivity index (χ3v) is 7.34. The number of carbonyl (C=O) groups is 3. The highest BCUT2D eigenvalue weighted by atomic mass is 16.2. The Morgan fingerprint density at radius 3 is 2.60 bits per heavy atom. The lowest BCUT2D eigenvalue weighted by Gasteiger charge is -2.32. The number of benzene rings is 1. The molecule has 1 aromatic carbocycles. The second kappa shape index (κ2) is 9.36. The number of aryl methyl sites for hydroxylation is 1. The van der Waals surface area contributed by atoms with Crippen LogP contribution in [0, 0.1) is 5.92 Å². The normalized spacial score (nSPS) is 19.8. The van der Waals surface area contributed by atoms with Crippen molar-refractivity contribution in [2.75, 3.05) is 38.6 Å². The molecular weight excluding hydrogens is 444 g/mol. The van der Waals surface area contributed by atoms with Crippen LogP contribution in [0.15, 0.2) is 24.3 Å². The second-order valence-electron chi connectivity index (χ2n) is 10.2. The van der Waals surface area contributed by atoms with Crippen molar-refractivity contribution in [2.24, 2.45) is 13.0 Å². The maximum Gasteiger partial charge on any atom is 0.274 e. The molecule has 0 bridgehead atoms. The van der Waals surface area contributed by atoms with Gasteiger partial charge in [-0.2, -0.15) is 5.10 Å². The maximum absolute atomic E-state index is 13.6. The van der Waals surface area contributed by atoms with Crippen LogP contribution in [0.2, 0.25) is 0 Å². The standard InChI is InChI=1S/C26H34N6O3/c1-29(2)20-8-4-6-17(14-20)25(34)32-13-11-22-21(16-32)23(28-30(22)3)26(35)31-12-5-7-18(15-31)24(33)27-19-9-10-19/h4,6,8,14,18-19H,5,7,9-13,15-16H2,1-3H3,(H,27,33)/t18-/m0/s1. The first kappa shape index (κ1) is 23.4. The highest BCUT2D eigenvalue weighted by Crippen LogP contribution is 2.27. The van der Waals surface area contributed by atoms with Crippen molar-refractivity contribution in [3.8, 4) is 0 Å². The molecule has 0 spiro atoms. The molecule has 3 aliphatic rings. The Bertz CT molecular complexity index is 1150. The lowest BCUT2D eigenvalue weighted by Crippen LogP contribution is -2.46. The Hall–Kier alpha value is -3.36. The van der Waals surface area contributed by atoms with Crippen molar-refractivity contribution >= 4 is 23.4 Å². The van der Waals surface area contributed by atoms with E-state index >= 15 is 0 Å². The molecule has 186 valence electrons. The van der Waals surface area contributed by atoms with Crippen LogP contribution in [0.1, 0.15) is 57.8 Å². The highest BCUT2D eigenvalue weighted by molar-refractivity contribution is 5.97. The molecule has 5 rings (SSSR count). The summed E-state index contributed by atoms with van der Waals surface area (Å²) in [6, 6.07) is 7.91. The summed E-state index contributed by atoms with van der Waals surface area (Å²) in [6.07, 6.45) is 4.36. The number of anilines is 1. The maximum atomic E-state index is 13.6. The first-order valence-electron chi connectivity index (χ1n) is 12.5. The van der Waals surface area contributed by atoms with E-state index < -0.39 is 0 Å². The van der Waals surface area contributed by atoms with Gasteiger partial charge in [-0.05, 0) is 43.9 Å². The van der Waals surface area contributed by atoms with E-state index in [1.807, 2.05) is 50.3 Å². The van der Waals surface area contributed by atoms with Crippen LogP contribution in [0.25, 0.3) is 0 Å². The van der Waals surface area contributed by atoms with Gasteiger partial charge in [0.1, 0.15) is 0 Å². The summed E-state index contributed by atoms with van der Waals surface area (Å²) in [7, 11) is 5.76. The predicted molar refractivity (Wildman–Crippen MR) is 132 cm³/mol. The van der Waals surface area contributed by atoms with Crippen molar-refractivity contribution < 1.29 is 14.4 Å². The van der Waals surface area contributed by atoms with Gasteiger partial charge in [0.25, 0.3) is 11.8 Å². The molecule has 1 aromatic heterocycles. The number of hydrogen-bond donors (Lipinski definition) is 1. The molecule has 3 heterocycles. The summed E-state index contributed by atoms with van der Waals surface area (Å²) in [4.78, 5) is 45.0. The van der Waals surface area contributed by atoms with E-state index in [9.17, 15) is 14.4 Å². The van der Waals surface area contributed by atoms with Gasteiger partial charge < -0.3 is 20.0 Å². The molecule has 0 unspecified atom stereocenters. The lowest BCUT2D eigenvalue weighted by atomic mass is 9.96. The number of aromatic nitrogens is 2. The van der Waals surface area contributed by atoms with E-state index in [2.05, 4.69) is 10.4 Å². The fraction of sp³-hybridized carbons (Fsp3) is 0.538. The van der Waals surface area contributed by atoms with Gasteiger partial charge in [-0.3, -0.25) is 19.1 Å². The average Bonchev–Trinajstić information content (AvgIpc) is 3.63. The van der Waals surface area contributed by atoms with Gasteiger partial charge in [0, 0.05) is 75.7 Å². The van der Waals surface area contributed by atoms with Crippen LogP contribution in [-0.2, 0) is 24.8 Å². The number of piperidine rings is 1. The fourth-order valence-corrected chi connectivity index (χ4v) is 5.11. The van der Waals surface area contributed by atoms with Gasteiger partial charge in [0.15, 0.2) is 5.69 Å². The van der Waals surface area contributed by atoms with E-state index in [4.69, 9.17) is 0 Å². The third kappa shape index (κ3) is 4.76. The zero-order valence-electron chi connectivity index (χ0n) is 20.8. The van der Waals surface area contributed by atoms with Gasteiger partial charge in [-0.15, -0.1) is 0 Å². The molecule has 0 radical (unpaired) electrons. The molecule has 9 nitrogen and oxygen atoms in total. The number of amides is 3. The van der Waals surface area contributed by atoms with E-state index in [1.165, 1.54) is 0 Å². The zero-order valence-corrected chi connectivity index (χ0v) is 20.8. The van der Waals surface area contributed by atoms with E-state index in [1.54, 1.807) is 14.5 Å². The molecule has 35 heavy (non-hydrogen) atoms. The molecule has 1 saturated heterocycles. The van der Waals surface area contributed by atoms with Gasteiger partial charge in [-0.25, -0.2) is 0 Å².